The van der Waals surface area contributed by atoms with Gasteiger partial charge in [-0.1, -0.05) is 49.6 Å². The first-order valence-corrected chi connectivity index (χ1v) is 14.1. The standard InChI is InChI=1S/C35H34O8/c1-3-33(36)40-20-6-5-19-39-30-18-17-29-23-31(43-32(29)24-30)27-13-9-25(10-14-27)26-11-15-28(16-12-26)35(38)42-22-8-7-21-41-34(37)4-2/h3-4,9-18,23-24H,1-2,5-8,19-22H2. The summed E-state index contributed by atoms with van der Waals surface area (Å²) in [4.78, 5) is 34.4. The molecule has 3 aromatic carbocycles. The molecule has 0 radical (unpaired) electrons. The van der Waals surface area contributed by atoms with Crippen molar-refractivity contribution in [3.8, 4) is 28.2 Å². The van der Waals surface area contributed by atoms with Crippen molar-refractivity contribution in [2.24, 2.45) is 0 Å². The van der Waals surface area contributed by atoms with Gasteiger partial charge in [-0.25, -0.2) is 14.4 Å². The molecule has 0 aliphatic rings. The third-order valence-electron chi connectivity index (χ3n) is 6.52. The maximum Gasteiger partial charge on any atom is 0.338 e. The Kier molecular flexibility index (Phi) is 11.3. The predicted octanol–water partition coefficient (Wildman–Crippen LogP) is 7.32. The van der Waals surface area contributed by atoms with E-state index in [2.05, 4.69) is 13.2 Å². The molecular formula is C35H34O8. The minimum absolute atomic E-state index is 0.250. The van der Waals surface area contributed by atoms with Crippen LogP contribution >= 0.6 is 0 Å². The molecular weight excluding hydrogens is 548 g/mol. The van der Waals surface area contributed by atoms with Gasteiger partial charge in [-0.15, -0.1) is 0 Å². The molecule has 0 N–H and O–H groups in total. The van der Waals surface area contributed by atoms with Gasteiger partial charge in [0.1, 0.15) is 17.1 Å². The zero-order valence-corrected chi connectivity index (χ0v) is 23.9. The summed E-state index contributed by atoms with van der Waals surface area (Å²) in [6.45, 7) is 8.07. The van der Waals surface area contributed by atoms with E-state index in [1.165, 1.54) is 0 Å². The molecule has 0 atom stereocenters. The molecule has 4 aromatic rings. The molecule has 8 heteroatoms. The van der Waals surface area contributed by atoms with E-state index in [1.807, 2.05) is 60.7 Å². The van der Waals surface area contributed by atoms with Crippen LogP contribution in [0.3, 0.4) is 0 Å². The van der Waals surface area contributed by atoms with Gasteiger partial charge in [0, 0.05) is 29.2 Å². The minimum Gasteiger partial charge on any atom is -0.493 e. The van der Waals surface area contributed by atoms with Crippen LogP contribution in [0.4, 0.5) is 0 Å². The normalized spacial score (nSPS) is 10.6. The lowest BCUT2D eigenvalue weighted by Gasteiger charge is -2.07. The second-order valence-corrected chi connectivity index (χ2v) is 9.61. The van der Waals surface area contributed by atoms with E-state index in [4.69, 9.17) is 23.4 Å². The topological polar surface area (TPSA) is 101 Å². The molecule has 0 aliphatic carbocycles. The van der Waals surface area contributed by atoms with Gasteiger partial charge >= 0.3 is 17.9 Å². The van der Waals surface area contributed by atoms with Crippen molar-refractivity contribution >= 4 is 28.9 Å². The number of hydrogen-bond acceptors (Lipinski definition) is 8. The molecule has 0 saturated carbocycles. The van der Waals surface area contributed by atoms with E-state index in [-0.39, 0.29) is 13.2 Å². The number of benzene rings is 3. The molecule has 0 unspecified atom stereocenters. The van der Waals surface area contributed by atoms with E-state index in [0.717, 1.165) is 52.0 Å². The van der Waals surface area contributed by atoms with Crippen molar-refractivity contribution in [1.29, 1.82) is 0 Å². The zero-order valence-electron chi connectivity index (χ0n) is 23.9. The van der Waals surface area contributed by atoms with Crippen LogP contribution in [0.25, 0.3) is 33.4 Å². The Labute approximate surface area is 250 Å². The Morgan fingerprint density at radius 2 is 1.16 bits per heavy atom. The fraction of sp³-hybridized carbons (Fsp3) is 0.229. The summed E-state index contributed by atoms with van der Waals surface area (Å²) in [6, 6.07) is 23.0. The molecule has 0 fully saturated rings. The first-order valence-electron chi connectivity index (χ1n) is 14.1. The fourth-order valence-corrected chi connectivity index (χ4v) is 4.18. The van der Waals surface area contributed by atoms with Crippen molar-refractivity contribution < 1.29 is 37.7 Å². The van der Waals surface area contributed by atoms with Gasteiger partial charge < -0.3 is 23.4 Å². The minimum atomic E-state index is -0.461. The number of rotatable bonds is 16. The van der Waals surface area contributed by atoms with Gasteiger partial charge in [-0.05, 0) is 67.1 Å². The van der Waals surface area contributed by atoms with Gasteiger partial charge in [-0.2, -0.15) is 0 Å². The Bertz CT molecular complexity index is 1550. The second kappa shape index (κ2) is 15.8. The quantitative estimate of drug-likeness (QED) is 0.0586. The van der Waals surface area contributed by atoms with Gasteiger partial charge in [0.25, 0.3) is 0 Å². The maximum atomic E-state index is 12.3. The highest BCUT2D eigenvalue weighted by Crippen LogP contribution is 2.32. The summed E-state index contributed by atoms with van der Waals surface area (Å²) in [5.41, 5.74) is 4.12. The summed E-state index contributed by atoms with van der Waals surface area (Å²) in [5.74, 6) is 0.192. The molecule has 222 valence electrons. The summed E-state index contributed by atoms with van der Waals surface area (Å²) in [5, 5.41) is 0.973. The van der Waals surface area contributed by atoms with Gasteiger partial charge in [-0.3, -0.25) is 0 Å². The number of fused-ring (bicyclic) bond motifs is 1. The van der Waals surface area contributed by atoms with Crippen molar-refractivity contribution in [2.45, 2.75) is 25.7 Å². The number of furan rings is 1. The molecule has 0 bridgehead atoms. The Morgan fingerprint density at radius 3 is 1.77 bits per heavy atom. The van der Waals surface area contributed by atoms with Crippen LogP contribution in [0.15, 0.2) is 103 Å². The average molecular weight is 583 g/mol. The number of carbonyl (C=O) groups is 3. The monoisotopic (exact) mass is 582 g/mol. The number of carbonyl (C=O) groups excluding carboxylic acids is 3. The first-order chi connectivity index (χ1) is 21.0. The molecule has 1 heterocycles. The molecule has 8 nitrogen and oxygen atoms in total. The molecule has 0 amide bonds. The Hall–Kier alpha value is -5.11. The number of hydrogen-bond donors (Lipinski definition) is 0. The van der Waals surface area contributed by atoms with Crippen molar-refractivity contribution in [3.05, 3.63) is 104 Å². The summed E-state index contributed by atoms with van der Waals surface area (Å²) >= 11 is 0. The van der Waals surface area contributed by atoms with E-state index in [9.17, 15) is 14.4 Å². The summed E-state index contributed by atoms with van der Waals surface area (Å²) in [7, 11) is 0. The number of esters is 3. The van der Waals surface area contributed by atoms with E-state index in [0.29, 0.717) is 43.8 Å². The van der Waals surface area contributed by atoms with Gasteiger partial charge in [0.2, 0.25) is 0 Å². The maximum absolute atomic E-state index is 12.3. The van der Waals surface area contributed by atoms with Crippen LogP contribution in [0.1, 0.15) is 36.0 Å². The smallest absolute Gasteiger partial charge is 0.338 e. The van der Waals surface area contributed by atoms with Crippen LogP contribution in [0.5, 0.6) is 5.75 Å². The molecule has 0 aliphatic heterocycles. The molecule has 4 rings (SSSR count). The average Bonchev–Trinajstić information content (AvgIpc) is 3.47. The van der Waals surface area contributed by atoms with E-state index >= 15 is 0 Å². The van der Waals surface area contributed by atoms with Gasteiger partial charge in [0.05, 0.1) is 32.0 Å². The molecule has 1 aromatic heterocycles. The van der Waals surface area contributed by atoms with Crippen LogP contribution < -0.4 is 4.74 Å². The van der Waals surface area contributed by atoms with Crippen LogP contribution in [-0.2, 0) is 23.8 Å². The van der Waals surface area contributed by atoms with Gasteiger partial charge in [0.15, 0.2) is 0 Å². The Balaban J connectivity index is 1.27. The highest BCUT2D eigenvalue weighted by Gasteiger charge is 2.10. The molecule has 0 saturated heterocycles. The molecule has 43 heavy (non-hydrogen) atoms. The summed E-state index contributed by atoms with van der Waals surface area (Å²) < 4.78 is 27.1. The lowest BCUT2D eigenvalue weighted by molar-refractivity contribution is -0.138. The van der Waals surface area contributed by atoms with E-state index in [1.54, 1.807) is 12.1 Å². The van der Waals surface area contributed by atoms with E-state index < -0.39 is 17.9 Å². The Morgan fingerprint density at radius 1 is 0.628 bits per heavy atom. The SMILES string of the molecule is C=CC(=O)OCCCCOC(=O)c1ccc(-c2ccc(-c3cc4ccc(OCCCCOC(=O)C=C)cc4o3)cc2)cc1. The first kappa shape index (κ1) is 30.8. The van der Waals surface area contributed by atoms with Crippen molar-refractivity contribution in [3.63, 3.8) is 0 Å². The number of ether oxygens (including phenoxy) is 4. The molecule has 0 spiro atoms. The number of unbranched alkanes of at least 4 members (excludes halogenated alkanes) is 2. The lowest BCUT2D eigenvalue weighted by atomic mass is 10.0. The van der Waals surface area contributed by atoms with Crippen LogP contribution in [0, 0.1) is 0 Å². The summed E-state index contributed by atoms with van der Waals surface area (Å²) in [6.07, 6.45) is 4.93. The van der Waals surface area contributed by atoms with Crippen molar-refractivity contribution in [1.82, 2.24) is 0 Å². The van der Waals surface area contributed by atoms with Crippen molar-refractivity contribution in [2.75, 3.05) is 26.4 Å². The highest BCUT2D eigenvalue weighted by atomic mass is 16.5. The third-order valence-corrected chi connectivity index (χ3v) is 6.52. The predicted molar refractivity (Wildman–Crippen MR) is 164 cm³/mol. The fourth-order valence-electron chi connectivity index (χ4n) is 4.18. The van der Waals surface area contributed by atoms with Crippen LogP contribution in [0.2, 0.25) is 0 Å². The lowest BCUT2D eigenvalue weighted by Crippen LogP contribution is -2.08. The third kappa shape index (κ3) is 9.19. The zero-order chi connectivity index (χ0) is 30.4. The largest absolute Gasteiger partial charge is 0.493 e. The highest BCUT2D eigenvalue weighted by molar-refractivity contribution is 5.90. The second-order valence-electron chi connectivity index (χ2n) is 9.61. The van der Waals surface area contributed by atoms with Crippen LogP contribution in [-0.4, -0.2) is 44.3 Å².